The lowest BCUT2D eigenvalue weighted by Gasteiger charge is -2.33. The number of aryl methyl sites for hydroxylation is 1. The number of fused-ring (bicyclic) bond motifs is 1. The molecule has 0 saturated heterocycles. The molecule has 2 heteroatoms. The zero-order chi connectivity index (χ0) is 14.5. The summed E-state index contributed by atoms with van der Waals surface area (Å²) in [4.78, 5) is 4.74. The first-order valence-corrected chi connectivity index (χ1v) is 8.99. The highest BCUT2D eigenvalue weighted by molar-refractivity contribution is 5.27. The zero-order valence-corrected chi connectivity index (χ0v) is 13.5. The summed E-state index contributed by atoms with van der Waals surface area (Å²) >= 11 is 0. The summed E-state index contributed by atoms with van der Waals surface area (Å²) in [6.07, 6.45) is 15.9. The van der Waals surface area contributed by atoms with Gasteiger partial charge < -0.3 is 5.32 Å². The van der Waals surface area contributed by atoms with Gasteiger partial charge in [-0.3, -0.25) is 4.98 Å². The second-order valence-corrected chi connectivity index (χ2v) is 7.03. The normalized spacial score (nSPS) is 25.1. The molecule has 0 radical (unpaired) electrons. The third kappa shape index (κ3) is 3.66. The molecule has 2 aliphatic carbocycles. The average molecular weight is 286 g/mol. The highest BCUT2D eigenvalue weighted by Crippen LogP contribution is 2.36. The molecule has 0 bridgehead atoms. The van der Waals surface area contributed by atoms with E-state index >= 15 is 0 Å². The van der Waals surface area contributed by atoms with Crippen molar-refractivity contribution in [1.82, 2.24) is 10.3 Å². The zero-order valence-electron chi connectivity index (χ0n) is 13.5. The quantitative estimate of drug-likeness (QED) is 0.827. The summed E-state index contributed by atoms with van der Waals surface area (Å²) in [7, 11) is 2.15. The number of likely N-dealkylation sites (N-methyl/N-ethyl adjacent to an activating group) is 1. The van der Waals surface area contributed by atoms with Crippen molar-refractivity contribution in [1.29, 1.82) is 0 Å². The van der Waals surface area contributed by atoms with Crippen LogP contribution in [0.5, 0.6) is 0 Å². The highest BCUT2D eigenvalue weighted by atomic mass is 14.9. The minimum atomic E-state index is 0.613. The van der Waals surface area contributed by atoms with Gasteiger partial charge in [-0.05, 0) is 50.3 Å². The van der Waals surface area contributed by atoms with Crippen molar-refractivity contribution in [3.8, 4) is 0 Å². The van der Waals surface area contributed by atoms with Crippen LogP contribution in [-0.2, 0) is 6.42 Å². The van der Waals surface area contributed by atoms with Gasteiger partial charge in [-0.2, -0.15) is 0 Å². The summed E-state index contributed by atoms with van der Waals surface area (Å²) in [6.45, 7) is 0. The molecule has 1 aromatic rings. The predicted octanol–water partition coefficient (Wildman–Crippen LogP) is 4.45. The smallest absolute Gasteiger partial charge is 0.0481 e. The largest absolute Gasteiger partial charge is 0.316 e. The van der Waals surface area contributed by atoms with Crippen LogP contribution in [0, 0.1) is 5.92 Å². The molecule has 2 unspecified atom stereocenters. The van der Waals surface area contributed by atoms with E-state index in [9.17, 15) is 0 Å². The van der Waals surface area contributed by atoms with Crippen LogP contribution in [0.2, 0.25) is 0 Å². The standard InChI is InChI=1S/C19H30N2/c1-20-18(14-15-8-4-2-3-5-9-15)17-12-6-10-16-11-7-13-21-19(16)17/h7,11,13,15,17-18,20H,2-6,8-10,12,14H2,1H3. The second-order valence-electron chi connectivity index (χ2n) is 7.03. The van der Waals surface area contributed by atoms with Gasteiger partial charge >= 0.3 is 0 Å². The Balaban J connectivity index is 1.71. The van der Waals surface area contributed by atoms with Crippen molar-refractivity contribution in [2.45, 2.75) is 76.2 Å². The Labute approximate surface area is 129 Å². The summed E-state index contributed by atoms with van der Waals surface area (Å²) in [6, 6.07) is 5.00. The molecule has 0 amide bonds. The van der Waals surface area contributed by atoms with Gasteiger partial charge in [-0.25, -0.2) is 0 Å². The van der Waals surface area contributed by atoms with Gasteiger partial charge in [0.2, 0.25) is 0 Å². The second kappa shape index (κ2) is 7.40. The first-order valence-electron chi connectivity index (χ1n) is 8.99. The molecule has 2 atom stereocenters. The van der Waals surface area contributed by atoms with Gasteiger partial charge in [-0.15, -0.1) is 0 Å². The maximum absolute atomic E-state index is 4.74. The van der Waals surface area contributed by atoms with Crippen molar-refractivity contribution in [3.05, 3.63) is 29.6 Å². The molecule has 0 spiro atoms. The van der Waals surface area contributed by atoms with E-state index in [-0.39, 0.29) is 0 Å². The molecule has 0 aromatic carbocycles. The average Bonchev–Trinajstić information content (AvgIpc) is 2.81. The van der Waals surface area contributed by atoms with E-state index in [0.717, 1.165) is 5.92 Å². The topological polar surface area (TPSA) is 24.9 Å². The minimum Gasteiger partial charge on any atom is -0.316 e. The van der Waals surface area contributed by atoms with Crippen LogP contribution in [0.15, 0.2) is 18.3 Å². The molecule has 116 valence electrons. The molecule has 1 saturated carbocycles. The lowest BCUT2D eigenvalue weighted by Crippen LogP contribution is -2.36. The Morgan fingerprint density at radius 2 is 1.95 bits per heavy atom. The number of nitrogens with zero attached hydrogens (tertiary/aromatic N) is 1. The van der Waals surface area contributed by atoms with Gasteiger partial charge in [0.15, 0.2) is 0 Å². The fraction of sp³-hybridized carbons (Fsp3) is 0.737. The van der Waals surface area contributed by atoms with E-state index < -0.39 is 0 Å². The van der Waals surface area contributed by atoms with Crippen molar-refractivity contribution in [2.75, 3.05) is 7.05 Å². The lowest BCUT2D eigenvalue weighted by atomic mass is 9.78. The fourth-order valence-electron chi connectivity index (χ4n) is 4.48. The van der Waals surface area contributed by atoms with Gasteiger partial charge in [0.25, 0.3) is 0 Å². The molecule has 0 aliphatic heterocycles. The van der Waals surface area contributed by atoms with Crippen molar-refractivity contribution < 1.29 is 0 Å². The lowest BCUT2D eigenvalue weighted by molar-refractivity contribution is 0.310. The predicted molar refractivity (Wildman–Crippen MR) is 88.6 cm³/mol. The minimum absolute atomic E-state index is 0.613. The summed E-state index contributed by atoms with van der Waals surface area (Å²) < 4.78 is 0. The number of nitrogens with one attached hydrogen (secondary N) is 1. The Morgan fingerprint density at radius 1 is 1.14 bits per heavy atom. The van der Waals surface area contributed by atoms with Crippen molar-refractivity contribution >= 4 is 0 Å². The number of hydrogen-bond acceptors (Lipinski definition) is 2. The van der Waals surface area contributed by atoms with E-state index in [1.54, 1.807) is 0 Å². The van der Waals surface area contributed by atoms with E-state index in [2.05, 4.69) is 24.5 Å². The first kappa shape index (κ1) is 15.0. The Hall–Kier alpha value is -0.890. The van der Waals surface area contributed by atoms with E-state index in [0.29, 0.717) is 12.0 Å². The van der Waals surface area contributed by atoms with E-state index in [1.165, 1.54) is 75.5 Å². The van der Waals surface area contributed by atoms with Crippen LogP contribution in [0.3, 0.4) is 0 Å². The van der Waals surface area contributed by atoms with Crippen molar-refractivity contribution in [3.63, 3.8) is 0 Å². The molecular weight excluding hydrogens is 256 g/mol. The van der Waals surface area contributed by atoms with Gasteiger partial charge in [-0.1, -0.05) is 44.6 Å². The van der Waals surface area contributed by atoms with Crippen LogP contribution >= 0.6 is 0 Å². The molecular formula is C19H30N2. The van der Waals surface area contributed by atoms with Gasteiger partial charge in [0.05, 0.1) is 0 Å². The Bertz CT molecular complexity index is 435. The maximum Gasteiger partial charge on any atom is 0.0481 e. The first-order chi connectivity index (χ1) is 10.4. The molecule has 3 rings (SSSR count). The highest BCUT2D eigenvalue weighted by Gasteiger charge is 2.30. The summed E-state index contributed by atoms with van der Waals surface area (Å²) in [5, 5.41) is 3.64. The molecule has 1 aromatic heterocycles. The monoisotopic (exact) mass is 286 g/mol. The third-order valence-electron chi connectivity index (χ3n) is 5.66. The molecule has 1 fully saturated rings. The number of aromatic nitrogens is 1. The molecule has 1 heterocycles. The Morgan fingerprint density at radius 3 is 2.71 bits per heavy atom. The van der Waals surface area contributed by atoms with E-state index in [1.807, 2.05) is 6.20 Å². The fourth-order valence-corrected chi connectivity index (χ4v) is 4.48. The maximum atomic E-state index is 4.74. The number of pyridine rings is 1. The molecule has 21 heavy (non-hydrogen) atoms. The molecule has 2 aliphatic rings. The summed E-state index contributed by atoms with van der Waals surface area (Å²) in [5.41, 5.74) is 2.88. The SMILES string of the molecule is CNC(CC1CCCCCC1)C1CCCc2cccnc21. The van der Waals surface area contributed by atoms with Crippen LogP contribution in [-0.4, -0.2) is 18.1 Å². The van der Waals surface area contributed by atoms with Crippen LogP contribution in [0.25, 0.3) is 0 Å². The van der Waals surface area contributed by atoms with Gasteiger partial charge in [0.1, 0.15) is 0 Å². The van der Waals surface area contributed by atoms with E-state index in [4.69, 9.17) is 4.98 Å². The summed E-state index contributed by atoms with van der Waals surface area (Å²) in [5.74, 6) is 1.56. The van der Waals surface area contributed by atoms with Crippen molar-refractivity contribution in [2.24, 2.45) is 5.92 Å². The number of rotatable bonds is 4. The molecule has 2 nitrogen and oxygen atoms in total. The van der Waals surface area contributed by atoms with Gasteiger partial charge in [0, 0.05) is 23.9 Å². The molecule has 1 N–H and O–H groups in total. The third-order valence-corrected chi connectivity index (χ3v) is 5.66. The number of hydrogen-bond donors (Lipinski definition) is 1. The Kier molecular flexibility index (Phi) is 5.29. The van der Waals surface area contributed by atoms with Crippen LogP contribution < -0.4 is 5.32 Å². The van der Waals surface area contributed by atoms with Crippen LogP contribution in [0.4, 0.5) is 0 Å². The van der Waals surface area contributed by atoms with Crippen LogP contribution in [0.1, 0.15) is 75.0 Å².